The number of halogens is 1. The van der Waals surface area contributed by atoms with E-state index in [1.54, 1.807) is 0 Å². The fraction of sp³-hybridized carbons (Fsp3) is 0.562. The quantitative estimate of drug-likeness (QED) is 0.837. The third kappa shape index (κ3) is 2.85. The van der Waals surface area contributed by atoms with Gasteiger partial charge >= 0.3 is 5.97 Å². The van der Waals surface area contributed by atoms with Gasteiger partial charge in [0.2, 0.25) is 0 Å². The van der Waals surface area contributed by atoms with Crippen molar-refractivity contribution in [1.82, 2.24) is 0 Å². The highest BCUT2D eigenvalue weighted by Crippen LogP contribution is 2.41. The Morgan fingerprint density at radius 1 is 1.35 bits per heavy atom. The molecule has 1 aliphatic rings. The number of nitrogens with one attached hydrogen (secondary N) is 1. The van der Waals surface area contributed by atoms with E-state index in [4.69, 9.17) is 4.74 Å². The van der Waals surface area contributed by atoms with E-state index >= 15 is 0 Å². The number of benzene rings is 1. The van der Waals surface area contributed by atoms with Crippen molar-refractivity contribution in [2.45, 2.75) is 38.6 Å². The Balaban J connectivity index is 2.37. The lowest BCUT2D eigenvalue weighted by Crippen LogP contribution is -2.55. The molecule has 0 spiro atoms. The molecule has 1 N–H and O–H groups in total. The topological polar surface area (TPSA) is 38.3 Å². The molecule has 0 bridgehead atoms. The maximum atomic E-state index is 12.5. The minimum atomic E-state index is -0.629. The minimum Gasteiger partial charge on any atom is -0.467 e. The van der Waals surface area contributed by atoms with Gasteiger partial charge in [0.15, 0.2) is 0 Å². The Bertz CT molecular complexity index is 491. The minimum absolute atomic E-state index is 0.160. The van der Waals surface area contributed by atoms with Crippen LogP contribution in [0.5, 0.6) is 0 Å². The van der Waals surface area contributed by atoms with Crippen molar-refractivity contribution < 1.29 is 9.53 Å². The van der Waals surface area contributed by atoms with E-state index in [1.807, 2.05) is 24.3 Å². The van der Waals surface area contributed by atoms with E-state index in [9.17, 15) is 4.79 Å². The first-order valence-electron chi connectivity index (χ1n) is 7.10. The van der Waals surface area contributed by atoms with Gasteiger partial charge in [0.25, 0.3) is 0 Å². The number of hydrogen-bond acceptors (Lipinski definition) is 3. The van der Waals surface area contributed by atoms with Gasteiger partial charge in [-0.2, -0.15) is 0 Å². The zero-order chi connectivity index (χ0) is 14.8. The lowest BCUT2D eigenvalue weighted by Gasteiger charge is -2.43. The number of para-hydroxylation sites is 1. The number of carbonyl (C=O) groups is 1. The van der Waals surface area contributed by atoms with Gasteiger partial charge in [-0.25, -0.2) is 4.79 Å². The van der Waals surface area contributed by atoms with Crippen molar-refractivity contribution in [2.75, 3.05) is 12.4 Å². The van der Waals surface area contributed by atoms with Gasteiger partial charge in [-0.05, 0) is 52.7 Å². The molecule has 0 heterocycles. The SMILES string of the molecule is COC(=O)C1(Nc2ccccc2Br)CC(C)CCC1C. The van der Waals surface area contributed by atoms with E-state index in [0.29, 0.717) is 5.92 Å². The summed E-state index contributed by atoms with van der Waals surface area (Å²) >= 11 is 3.54. The monoisotopic (exact) mass is 339 g/mol. The van der Waals surface area contributed by atoms with E-state index < -0.39 is 5.54 Å². The lowest BCUT2D eigenvalue weighted by molar-refractivity contribution is -0.150. The van der Waals surface area contributed by atoms with Crippen LogP contribution in [0.2, 0.25) is 0 Å². The summed E-state index contributed by atoms with van der Waals surface area (Å²) in [5.41, 5.74) is 0.315. The fourth-order valence-corrected chi connectivity index (χ4v) is 3.51. The van der Waals surface area contributed by atoms with E-state index in [0.717, 1.165) is 29.4 Å². The summed E-state index contributed by atoms with van der Waals surface area (Å²) in [6.45, 7) is 4.33. The second kappa shape index (κ2) is 6.17. The van der Waals surface area contributed by atoms with Crippen LogP contribution in [-0.4, -0.2) is 18.6 Å². The van der Waals surface area contributed by atoms with Crippen molar-refractivity contribution >= 4 is 27.6 Å². The summed E-state index contributed by atoms with van der Waals surface area (Å²) < 4.78 is 6.07. The van der Waals surface area contributed by atoms with Crippen LogP contribution in [-0.2, 0) is 9.53 Å². The van der Waals surface area contributed by atoms with Crippen molar-refractivity contribution in [3.05, 3.63) is 28.7 Å². The predicted molar refractivity (Wildman–Crippen MR) is 84.7 cm³/mol. The molecule has 1 aromatic carbocycles. The highest BCUT2D eigenvalue weighted by atomic mass is 79.9. The van der Waals surface area contributed by atoms with Crippen LogP contribution in [0.1, 0.15) is 33.1 Å². The van der Waals surface area contributed by atoms with Crippen LogP contribution in [0.15, 0.2) is 28.7 Å². The molecule has 4 heteroatoms. The van der Waals surface area contributed by atoms with Gasteiger partial charge < -0.3 is 10.1 Å². The van der Waals surface area contributed by atoms with Gasteiger partial charge in [0.05, 0.1) is 7.11 Å². The predicted octanol–water partition coefficient (Wildman–Crippen LogP) is 4.23. The summed E-state index contributed by atoms with van der Waals surface area (Å²) in [6, 6.07) is 7.90. The molecule has 1 aromatic rings. The van der Waals surface area contributed by atoms with Gasteiger partial charge in [-0.1, -0.05) is 32.4 Å². The molecule has 2 rings (SSSR count). The Morgan fingerprint density at radius 3 is 2.70 bits per heavy atom. The van der Waals surface area contributed by atoms with Crippen LogP contribution in [0, 0.1) is 11.8 Å². The van der Waals surface area contributed by atoms with Crippen molar-refractivity contribution in [2.24, 2.45) is 11.8 Å². The Kier molecular flexibility index (Phi) is 4.74. The molecule has 0 radical (unpaired) electrons. The normalized spacial score (nSPS) is 29.8. The Morgan fingerprint density at radius 2 is 2.05 bits per heavy atom. The highest BCUT2D eigenvalue weighted by Gasteiger charge is 2.48. The van der Waals surface area contributed by atoms with E-state index in [1.165, 1.54) is 7.11 Å². The van der Waals surface area contributed by atoms with Crippen molar-refractivity contribution in [3.8, 4) is 0 Å². The highest BCUT2D eigenvalue weighted by molar-refractivity contribution is 9.10. The number of anilines is 1. The first kappa shape index (κ1) is 15.4. The first-order chi connectivity index (χ1) is 9.49. The first-order valence-corrected chi connectivity index (χ1v) is 7.90. The molecule has 1 fully saturated rings. The second-order valence-corrected chi connectivity index (χ2v) is 6.71. The molecule has 0 aromatic heterocycles. The molecule has 3 atom stereocenters. The van der Waals surface area contributed by atoms with Crippen LogP contribution in [0.25, 0.3) is 0 Å². The van der Waals surface area contributed by atoms with Crippen molar-refractivity contribution in [3.63, 3.8) is 0 Å². The molecule has 110 valence electrons. The molecule has 3 unspecified atom stereocenters. The van der Waals surface area contributed by atoms with Crippen LogP contribution < -0.4 is 5.32 Å². The van der Waals surface area contributed by atoms with Crippen LogP contribution >= 0.6 is 15.9 Å². The molecule has 0 amide bonds. The summed E-state index contributed by atoms with van der Waals surface area (Å²) in [4.78, 5) is 12.5. The average Bonchev–Trinajstić information content (AvgIpc) is 2.44. The summed E-state index contributed by atoms with van der Waals surface area (Å²) in [5.74, 6) is 0.603. The van der Waals surface area contributed by atoms with E-state index in [-0.39, 0.29) is 11.9 Å². The lowest BCUT2D eigenvalue weighted by atomic mass is 9.69. The van der Waals surface area contributed by atoms with Crippen LogP contribution in [0.4, 0.5) is 5.69 Å². The van der Waals surface area contributed by atoms with Gasteiger partial charge in [-0.3, -0.25) is 0 Å². The Hall–Kier alpha value is -1.03. The third-order valence-electron chi connectivity index (χ3n) is 4.39. The second-order valence-electron chi connectivity index (χ2n) is 5.86. The summed E-state index contributed by atoms with van der Waals surface area (Å²) in [6.07, 6.45) is 3.01. The standard InChI is InChI=1S/C16H22BrNO2/c1-11-8-9-12(2)16(10-11,15(19)20-3)18-14-7-5-4-6-13(14)17/h4-7,11-12,18H,8-10H2,1-3H3. The average molecular weight is 340 g/mol. The number of esters is 1. The van der Waals surface area contributed by atoms with Gasteiger partial charge in [0.1, 0.15) is 5.54 Å². The Labute approximate surface area is 129 Å². The smallest absolute Gasteiger partial charge is 0.331 e. The zero-order valence-corrected chi connectivity index (χ0v) is 13.9. The number of carbonyl (C=O) groups excluding carboxylic acids is 1. The van der Waals surface area contributed by atoms with Gasteiger partial charge in [0, 0.05) is 10.2 Å². The van der Waals surface area contributed by atoms with Crippen LogP contribution in [0.3, 0.4) is 0 Å². The zero-order valence-electron chi connectivity index (χ0n) is 12.3. The van der Waals surface area contributed by atoms with Crippen molar-refractivity contribution in [1.29, 1.82) is 0 Å². The summed E-state index contributed by atoms with van der Waals surface area (Å²) in [5, 5.41) is 3.47. The molecular formula is C16H22BrNO2. The number of hydrogen-bond donors (Lipinski definition) is 1. The molecule has 3 nitrogen and oxygen atoms in total. The maximum absolute atomic E-state index is 12.5. The molecule has 0 saturated heterocycles. The molecule has 20 heavy (non-hydrogen) atoms. The third-order valence-corrected chi connectivity index (χ3v) is 5.08. The summed E-state index contributed by atoms with van der Waals surface area (Å²) in [7, 11) is 1.47. The molecule has 0 aliphatic heterocycles. The maximum Gasteiger partial charge on any atom is 0.331 e. The van der Waals surface area contributed by atoms with E-state index in [2.05, 4.69) is 35.1 Å². The fourth-order valence-electron chi connectivity index (χ4n) is 3.13. The number of ether oxygens (including phenoxy) is 1. The number of methoxy groups -OCH3 is 1. The molecular weight excluding hydrogens is 318 g/mol. The molecule has 1 saturated carbocycles. The largest absolute Gasteiger partial charge is 0.467 e. The van der Waals surface area contributed by atoms with Gasteiger partial charge in [-0.15, -0.1) is 0 Å². The molecule has 1 aliphatic carbocycles. The number of rotatable bonds is 3.